The Morgan fingerprint density at radius 3 is 2.48 bits per heavy atom. The van der Waals surface area contributed by atoms with Crippen LogP contribution in [0, 0.1) is 5.92 Å². The molecule has 2 nitrogen and oxygen atoms in total. The predicted molar refractivity (Wildman–Crippen MR) is 83.1 cm³/mol. The SMILES string of the molecule is C[C-]1c2cc(-c3ccccc3)ccc2N2C=CN(C)C12.[Y]. The van der Waals surface area contributed by atoms with Gasteiger partial charge in [-0.25, -0.2) is 0 Å². The summed E-state index contributed by atoms with van der Waals surface area (Å²) in [5, 5.41) is 0. The molecule has 2 aromatic rings. The third-order valence-corrected chi connectivity index (χ3v) is 4.31. The van der Waals surface area contributed by atoms with E-state index < -0.39 is 0 Å². The molecule has 0 amide bonds. The molecule has 4 rings (SSSR count). The molecule has 21 heavy (non-hydrogen) atoms. The summed E-state index contributed by atoms with van der Waals surface area (Å²) >= 11 is 0. The van der Waals surface area contributed by atoms with Crippen LogP contribution in [0.2, 0.25) is 0 Å². The van der Waals surface area contributed by atoms with E-state index >= 15 is 0 Å². The standard InChI is InChI=1S/C18H17N2.Y/c1-13-16-12-15(14-6-4-3-5-7-14)8-9-17(16)20-11-10-19(2)18(13)20;/h3-12,18H,1-2H3;/q-1;. The van der Waals surface area contributed by atoms with Crippen molar-refractivity contribution in [2.24, 2.45) is 0 Å². The Morgan fingerprint density at radius 2 is 1.71 bits per heavy atom. The van der Waals surface area contributed by atoms with Gasteiger partial charge in [-0.05, 0) is 5.56 Å². The van der Waals surface area contributed by atoms with Gasteiger partial charge in [0.2, 0.25) is 0 Å². The zero-order valence-electron chi connectivity index (χ0n) is 12.3. The van der Waals surface area contributed by atoms with Gasteiger partial charge < -0.3 is 9.80 Å². The molecule has 0 saturated carbocycles. The van der Waals surface area contributed by atoms with Crippen molar-refractivity contribution in [2.75, 3.05) is 11.9 Å². The molecule has 0 N–H and O–H groups in total. The maximum Gasteiger partial charge on any atom is 0.0709 e. The monoisotopic (exact) mass is 350 g/mol. The van der Waals surface area contributed by atoms with E-state index in [1.165, 1.54) is 28.3 Å². The Bertz CT molecular complexity index is 681. The van der Waals surface area contributed by atoms with Crippen LogP contribution in [0.3, 0.4) is 0 Å². The van der Waals surface area contributed by atoms with Gasteiger partial charge in [0.15, 0.2) is 0 Å². The third-order valence-electron chi connectivity index (χ3n) is 4.31. The molecule has 2 aliphatic heterocycles. The topological polar surface area (TPSA) is 6.48 Å². The van der Waals surface area contributed by atoms with E-state index in [1.54, 1.807) is 0 Å². The Hall–Kier alpha value is -1.25. The Labute approximate surface area is 151 Å². The van der Waals surface area contributed by atoms with Crippen molar-refractivity contribution in [3.05, 3.63) is 72.4 Å². The summed E-state index contributed by atoms with van der Waals surface area (Å²) < 4.78 is 0. The van der Waals surface area contributed by atoms with Crippen molar-refractivity contribution in [1.82, 2.24) is 4.90 Å². The molecule has 0 aromatic heterocycles. The fraction of sp³-hybridized carbons (Fsp3) is 0.167. The molecule has 0 aliphatic carbocycles. The maximum atomic E-state index is 2.35. The average molecular weight is 350 g/mol. The zero-order chi connectivity index (χ0) is 13.7. The Balaban J connectivity index is 0.00000132. The summed E-state index contributed by atoms with van der Waals surface area (Å²) in [6.45, 7) is 2.24. The van der Waals surface area contributed by atoms with Crippen molar-refractivity contribution < 1.29 is 32.7 Å². The van der Waals surface area contributed by atoms with Gasteiger partial charge in [-0.15, -0.1) is 5.92 Å². The third kappa shape index (κ3) is 2.21. The zero-order valence-corrected chi connectivity index (χ0v) is 15.2. The Kier molecular flexibility index (Phi) is 3.85. The molecule has 1 radical (unpaired) electrons. The van der Waals surface area contributed by atoms with Gasteiger partial charge in [0.05, 0.1) is 6.17 Å². The number of rotatable bonds is 1. The van der Waals surface area contributed by atoms with E-state index in [1.807, 2.05) is 0 Å². The molecular formula is C18H17N2Y-. The molecule has 1 unspecified atom stereocenters. The first-order valence-electron chi connectivity index (χ1n) is 6.97. The minimum atomic E-state index is 0. The molecule has 2 aromatic carbocycles. The van der Waals surface area contributed by atoms with Crippen LogP contribution < -0.4 is 4.90 Å². The van der Waals surface area contributed by atoms with E-state index in [4.69, 9.17) is 0 Å². The normalized spacial score (nSPS) is 18.6. The second-order valence-electron chi connectivity index (χ2n) is 5.53. The summed E-state index contributed by atoms with van der Waals surface area (Å²) in [6.07, 6.45) is 4.67. The second kappa shape index (κ2) is 5.51. The van der Waals surface area contributed by atoms with E-state index in [0.717, 1.165) is 0 Å². The van der Waals surface area contributed by atoms with Crippen molar-refractivity contribution in [3.8, 4) is 11.1 Å². The van der Waals surface area contributed by atoms with Gasteiger partial charge in [-0.2, -0.15) is 11.6 Å². The van der Waals surface area contributed by atoms with Crippen LogP contribution in [-0.4, -0.2) is 18.1 Å². The first-order chi connectivity index (χ1) is 9.75. The molecule has 0 saturated heterocycles. The van der Waals surface area contributed by atoms with E-state index in [9.17, 15) is 0 Å². The average Bonchev–Trinajstić information content (AvgIpc) is 3.00. The van der Waals surface area contributed by atoms with Crippen LogP contribution in [0.4, 0.5) is 5.69 Å². The number of hydrogen-bond acceptors (Lipinski definition) is 2. The van der Waals surface area contributed by atoms with Gasteiger partial charge in [-0.1, -0.05) is 60.6 Å². The van der Waals surface area contributed by atoms with E-state index in [-0.39, 0.29) is 32.7 Å². The van der Waals surface area contributed by atoms with Crippen molar-refractivity contribution in [1.29, 1.82) is 0 Å². The number of hydrogen-bond donors (Lipinski definition) is 0. The fourth-order valence-electron chi connectivity index (χ4n) is 3.29. The van der Waals surface area contributed by atoms with Crippen molar-refractivity contribution in [3.63, 3.8) is 0 Å². The number of nitrogens with zero attached hydrogens (tertiary/aromatic N) is 2. The van der Waals surface area contributed by atoms with Crippen LogP contribution in [0.25, 0.3) is 11.1 Å². The molecule has 0 fully saturated rings. The maximum absolute atomic E-state index is 2.35. The van der Waals surface area contributed by atoms with E-state index in [2.05, 4.69) is 84.7 Å². The minimum absolute atomic E-state index is 0. The van der Waals surface area contributed by atoms with Gasteiger partial charge in [-0.3, -0.25) is 0 Å². The van der Waals surface area contributed by atoms with Gasteiger partial charge in [0.1, 0.15) is 0 Å². The summed E-state index contributed by atoms with van der Waals surface area (Å²) in [7, 11) is 2.13. The van der Waals surface area contributed by atoms with Crippen LogP contribution in [0.5, 0.6) is 0 Å². The fourth-order valence-corrected chi connectivity index (χ4v) is 3.29. The largest absolute Gasteiger partial charge is 0.386 e. The molecule has 0 bridgehead atoms. The van der Waals surface area contributed by atoms with Crippen LogP contribution in [0.15, 0.2) is 60.9 Å². The second-order valence-corrected chi connectivity index (χ2v) is 5.53. The Morgan fingerprint density at radius 1 is 0.952 bits per heavy atom. The van der Waals surface area contributed by atoms with Crippen LogP contribution in [0.1, 0.15) is 12.5 Å². The minimum Gasteiger partial charge on any atom is -0.386 e. The van der Waals surface area contributed by atoms with Gasteiger partial charge in [0, 0.05) is 52.2 Å². The molecular weight excluding hydrogens is 333 g/mol. The first-order valence-corrected chi connectivity index (χ1v) is 6.97. The summed E-state index contributed by atoms with van der Waals surface area (Å²) in [4.78, 5) is 4.61. The van der Waals surface area contributed by atoms with Crippen molar-refractivity contribution in [2.45, 2.75) is 13.1 Å². The summed E-state index contributed by atoms with van der Waals surface area (Å²) in [5.41, 5.74) is 5.25. The molecule has 103 valence electrons. The molecule has 0 spiro atoms. The number of fused-ring (bicyclic) bond motifs is 3. The van der Waals surface area contributed by atoms with Crippen LogP contribution in [-0.2, 0) is 32.7 Å². The van der Waals surface area contributed by atoms with Crippen molar-refractivity contribution >= 4 is 5.69 Å². The first kappa shape index (κ1) is 14.7. The number of benzene rings is 2. The van der Waals surface area contributed by atoms with E-state index in [0.29, 0.717) is 6.17 Å². The van der Waals surface area contributed by atoms with Gasteiger partial charge >= 0.3 is 0 Å². The molecule has 2 heterocycles. The van der Waals surface area contributed by atoms with Gasteiger partial charge in [0.25, 0.3) is 0 Å². The predicted octanol–water partition coefficient (Wildman–Crippen LogP) is 3.86. The quantitative estimate of drug-likeness (QED) is 0.721. The van der Waals surface area contributed by atoms with Crippen LogP contribution >= 0.6 is 0 Å². The number of likely N-dealkylation sites (N-methyl/N-ethyl adjacent to an activating group) is 1. The summed E-state index contributed by atoms with van der Waals surface area (Å²) in [6, 6.07) is 17.4. The molecule has 2 aliphatic rings. The summed E-state index contributed by atoms with van der Waals surface area (Å²) in [5.74, 6) is 1.42. The smallest absolute Gasteiger partial charge is 0.0709 e. The molecule has 3 heteroatoms. The molecule has 1 atom stereocenters. The number of anilines is 1.